The van der Waals surface area contributed by atoms with Crippen LogP contribution in [0.15, 0.2) is 91.0 Å². The lowest BCUT2D eigenvalue weighted by atomic mass is 10.0. The lowest BCUT2D eigenvalue weighted by Crippen LogP contribution is -2.67. The van der Waals surface area contributed by atoms with E-state index in [0.29, 0.717) is 6.42 Å². The fraction of sp³-hybridized carbons (Fsp3) is 0.412. The molecule has 0 amide bonds. The number of carbonyl (C=O) groups excluding carboxylic acids is 2. The molecule has 0 heterocycles. The Labute approximate surface area is 241 Å². The van der Waals surface area contributed by atoms with Gasteiger partial charge in [0.25, 0.3) is 8.32 Å². The van der Waals surface area contributed by atoms with E-state index in [9.17, 15) is 9.59 Å². The molecule has 214 valence electrons. The first-order valence-electron chi connectivity index (χ1n) is 14.2. The molecule has 0 unspecified atom stereocenters. The van der Waals surface area contributed by atoms with Crippen LogP contribution in [0.4, 0.5) is 0 Å². The quantitative estimate of drug-likeness (QED) is 0.178. The van der Waals surface area contributed by atoms with E-state index < -0.39 is 14.4 Å². The topological polar surface area (TPSA) is 61.8 Å². The molecular weight excluding hydrogens is 516 g/mol. The summed E-state index contributed by atoms with van der Waals surface area (Å²) in [5.41, 5.74) is 0.919. The number of carbonyl (C=O) groups is 2. The van der Waals surface area contributed by atoms with Crippen LogP contribution in [0.5, 0.6) is 0 Å². The van der Waals surface area contributed by atoms with Gasteiger partial charge in [0, 0.05) is 0 Å². The van der Waals surface area contributed by atoms with Crippen molar-refractivity contribution in [3.05, 3.63) is 96.6 Å². The Morgan fingerprint density at radius 1 is 0.725 bits per heavy atom. The van der Waals surface area contributed by atoms with Crippen molar-refractivity contribution in [1.82, 2.24) is 0 Å². The van der Waals surface area contributed by atoms with Gasteiger partial charge in [0.15, 0.2) is 0 Å². The summed E-state index contributed by atoms with van der Waals surface area (Å²) in [4.78, 5) is 25.8. The van der Waals surface area contributed by atoms with Crippen LogP contribution >= 0.6 is 0 Å². The van der Waals surface area contributed by atoms with E-state index in [0.717, 1.165) is 15.9 Å². The maximum atomic E-state index is 13.2. The van der Waals surface area contributed by atoms with E-state index in [1.807, 2.05) is 87.5 Å². The molecule has 3 aromatic carbocycles. The minimum atomic E-state index is -2.80. The van der Waals surface area contributed by atoms with Crippen LogP contribution in [0.3, 0.4) is 0 Å². The van der Waals surface area contributed by atoms with Crippen molar-refractivity contribution < 1.29 is 23.5 Å². The van der Waals surface area contributed by atoms with Crippen LogP contribution in [0.2, 0.25) is 5.04 Å². The summed E-state index contributed by atoms with van der Waals surface area (Å²) in [6, 6.07) is 30.3. The summed E-state index contributed by atoms with van der Waals surface area (Å²) in [5, 5.41) is 2.12. The van der Waals surface area contributed by atoms with E-state index in [-0.39, 0.29) is 48.4 Å². The van der Waals surface area contributed by atoms with E-state index in [1.165, 1.54) is 0 Å². The average molecular weight is 561 g/mol. The highest BCUT2D eigenvalue weighted by atomic mass is 28.4. The summed E-state index contributed by atoms with van der Waals surface area (Å²) < 4.78 is 18.3. The zero-order chi connectivity index (χ0) is 29.2. The molecule has 0 spiro atoms. The van der Waals surface area contributed by atoms with Crippen LogP contribution in [0, 0.1) is 5.92 Å². The minimum Gasteiger partial charge on any atom is -0.462 e. The maximum absolute atomic E-state index is 13.2. The van der Waals surface area contributed by atoms with Gasteiger partial charge in [0.05, 0.1) is 18.9 Å². The molecule has 40 heavy (non-hydrogen) atoms. The van der Waals surface area contributed by atoms with Crippen molar-refractivity contribution in [1.29, 1.82) is 0 Å². The number of esters is 2. The van der Waals surface area contributed by atoms with E-state index in [4.69, 9.17) is 13.9 Å². The van der Waals surface area contributed by atoms with Gasteiger partial charge in [-0.05, 0) is 40.2 Å². The van der Waals surface area contributed by atoms with Gasteiger partial charge in [-0.2, -0.15) is 0 Å². The standard InChI is InChI=1S/C34H44O5Si/c1-26(2)22-29(24-32(35)37-25-28-16-10-7-11-17-28)38-33(36)23-27(3)39-40(34(4,5)6,30-18-12-8-13-19-30)31-20-14-9-15-21-31/h7-21,26-27,29H,22-25H2,1-6H3/t27-,29-/m1/s1. The first-order valence-corrected chi connectivity index (χ1v) is 16.1. The summed E-state index contributed by atoms with van der Waals surface area (Å²) in [5.74, 6) is -0.489. The van der Waals surface area contributed by atoms with E-state index in [1.54, 1.807) is 0 Å². The van der Waals surface area contributed by atoms with Crippen molar-refractivity contribution >= 4 is 30.6 Å². The molecule has 6 heteroatoms. The predicted molar refractivity (Wildman–Crippen MR) is 163 cm³/mol. The average Bonchev–Trinajstić information content (AvgIpc) is 2.91. The molecular formula is C34H44O5Si. The zero-order valence-corrected chi connectivity index (χ0v) is 25.8. The van der Waals surface area contributed by atoms with Crippen molar-refractivity contribution in [3.8, 4) is 0 Å². The molecule has 3 rings (SSSR count). The van der Waals surface area contributed by atoms with Crippen molar-refractivity contribution in [2.24, 2.45) is 5.92 Å². The first-order chi connectivity index (χ1) is 19.0. The highest BCUT2D eigenvalue weighted by Crippen LogP contribution is 2.37. The monoisotopic (exact) mass is 560 g/mol. The molecule has 0 aliphatic heterocycles. The molecule has 0 aliphatic carbocycles. The lowest BCUT2D eigenvalue weighted by molar-refractivity contribution is -0.157. The number of hydrogen-bond donors (Lipinski definition) is 0. The Balaban J connectivity index is 1.72. The van der Waals surface area contributed by atoms with Gasteiger partial charge in [-0.15, -0.1) is 0 Å². The molecule has 0 radical (unpaired) electrons. The first kappa shape index (κ1) is 31.3. The number of hydrogen-bond acceptors (Lipinski definition) is 5. The Morgan fingerprint density at radius 3 is 1.70 bits per heavy atom. The Hall–Kier alpha value is -3.22. The molecule has 2 atom stereocenters. The smallest absolute Gasteiger partial charge is 0.309 e. The molecule has 0 aliphatic rings. The third-order valence-corrected chi connectivity index (χ3v) is 12.1. The van der Waals surface area contributed by atoms with Crippen molar-refractivity contribution in [3.63, 3.8) is 0 Å². The fourth-order valence-corrected chi connectivity index (χ4v) is 9.89. The molecule has 5 nitrogen and oxygen atoms in total. The van der Waals surface area contributed by atoms with Crippen molar-refractivity contribution in [2.75, 3.05) is 0 Å². The van der Waals surface area contributed by atoms with Gasteiger partial charge in [0.1, 0.15) is 12.7 Å². The summed E-state index contributed by atoms with van der Waals surface area (Å²) in [7, 11) is -2.80. The van der Waals surface area contributed by atoms with Gasteiger partial charge in [-0.3, -0.25) is 9.59 Å². The van der Waals surface area contributed by atoms with Crippen LogP contribution < -0.4 is 10.4 Å². The number of benzene rings is 3. The van der Waals surface area contributed by atoms with Gasteiger partial charge in [-0.1, -0.05) is 126 Å². The molecule has 0 saturated heterocycles. The van der Waals surface area contributed by atoms with Gasteiger partial charge >= 0.3 is 11.9 Å². The van der Waals surface area contributed by atoms with E-state index >= 15 is 0 Å². The normalized spacial score (nSPS) is 13.5. The second-order valence-corrected chi connectivity index (χ2v) is 16.1. The summed E-state index contributed by atoms with van der Waals surface area (Å²) >= 11 is 0. The fourth-order valence-electron chi connectivity index (χ4n) is 5.19. The SMILES string of the molecule is CC(C)C[C@H](CC(=O)OCc1ccccc1)OC(=O)C[C@@H](C)O[Si](c1ccccc1)(c1ccccc1)C(C)(C)C. The third-order valence-electron chi connectivity index (χ3n) is 6.92. The van der Waals surface area contributed by atoms with Gasteiger partial charge < -0.3 is 13.9 Å². The van der Waals surface area contributed by atoms with Crippen LogP contribution in [-0.4, -0.2) is 32.5 Å². The van der Waals surface area contributed by atoms with Crippen LogP contribution in [-0.2, 0) is 30.1 Å². The molecule has 0 bridgehead atoms. The highest BCUT2D eigenvalue weighted by Gasteiger charge is 2.51. The Morgan fingerprint density at radius 2 is 1.23 bits per heavy atom. The van der Waals surface area contributed by atoms with Crippen LogP contribution in [0.1, 0.15) is 66.4 Å². The second-order valence-electron chi connectivity index (χ2n) is 11.9. The number of rotatable bonds is 13. The summed E-state index contributed by atoms with van der Waals surface area (Å²) in [6.07, 6.45) is -0.228. The van der Waals surface area contributed by atoms with Crippen molar-refractivity contribution in [2.45, 2.75) is 84.7 Å². The molecule has 3 aromatic rings. The lowest BCUT2D eigenvalue weighted by Gasteiger charge is -2.44. The molecule has 0 fully saturated rings. The van der Waals surface area contributed by atoms with Gasteiger partial charge in [-0.25, -0.2) is 0 Å². The Bertz CT molecular complexity index is 1150. The summed E-state index contributed by atoms with van der Waals surface area (Å²) in [6.45, 7) is 12.9. The van der Waals surface area contributed by atoms with Gasteiger partial charge in [0.2, 0.25) is 0 Å². The van der Waals surface area contributed by atoms with E-state index in [2.05, 4.69) is 45.0 Å². The highest BCUT2D eigenvalue weighted by molar-refractivity contribution is 6.99. The minimum absolute atomic E-state index is 0.0285. The molecule has 0 aromatic heterocycles. The largest absolute Gasteiger partial charge is 0.462 e. The zero-order valence-electron chi connectivity index (χ0n) is 24.8. The third kappa shape index (κ3) is 8.64. The molecule has 0 saturated carbocycles. The molecule has 0 N–H and O–H groups in total. The maximum Gasteiger partial charge on any atom is 0.309 e. The Kier molecular flexibility index (Phi) is 11.3. The second kappa shape index (κ2) is 14.4. The number of ether oxygens (including phenoxy) is 2. The predicted octanol–water partition coefficient (Wildman–Crippen LogP) is 6.43. The van der Waals surface area contributed by atoms with Crippen LogP contribution in [0.25, 0.3) is 0 Å².